The first-order valence-electron chi connectivity index (χ1n) is 2.23. The molecule has 0 bridgehead atoms. The predicted molar refractivity (Wildman–Crippen MR) is 45.1 cm³/mol. The minimum Gasteiger partial charge on any atom is -0.329 e. The molecule has 0 heterocycles. The average Bonchev–Trinajstić information content (AvgIpc) is 1.41. The first-order chi connectivity index (χ1) is 2.41. The molecular formula is C8H23Y-. The van der Waals surface area contributed by atoms with Crippen LogP contribution in [0.25, 0.3) is 0 Å². The van der Waals surface area contributed by atoms with E-state index >= 15 is 0 Å². The minimum atomic E-state index is 0. The van der Waals surface area contributed by atoms with Crippen molar-refractivity contribution in [1.82, 2.24) is 0 Å². The molecule has 0 aliphatic rings. The molecule has 1 radical (unpaired) electrons. The van der Waals surface area contributed by atoms with Crippen LogP contribution < -0.4 is 0 Å². The van der Waals surface area contributed by atoms with Crippen molar-refractivity contribution in [1.29, 1.82) is 0 Å². The predicted octanol–water partition coefficient (Wildman–Crippen LogP) is 3.92. The molecule has 0 amide bonds. The Kier molecular flexibility index (Phi) is 127. The van der Waals surface area contributed by atoms with Gasteiger partial charge in [-0.3, -0.25) is 0 Å². The molecule has 0 N–H and O–H groups in total. The number of hydrogen-bond donors (Lipinski definition) is 0. The van der Waals surface area contributed by atoms with Gasteiger partial charge in [-0.25, -0.2) is 0 Å². The van der Waals surface area contributed by atoms with Crippen molar-refractivity contribution in [2.24, 2.45) is 0 Å². The van der Waals surface area contributed by atoms with Crippen LogP contribution in [-0.4, -0.2) is 0 Å². The fourth-order valence-electron chi connectivity index (χ4n) is 0.289. The monoisotopic (exact) mass is 208 g/mol. The zero-order chi connectivity index (χ0) is 4.12. The first kappa shape index (κ1) is 32.1. The maximum absolute atomic E-state index is 2.25. The van der Waals surface area contributed by atoms with E-state index in [9.17, 15) is 0 Å². The third kappa shape index (κ3) is 47.7. The van der Waals surface area contributed by atoms with Crippen molar-refractivity contribution in [2.75, 3.05) is 0 Å². The van der Waals surface area contributed by atoms with E-state index in [1.807, 2.05) is 0 Å². The summed E-state index contributed by atoms with van der Waals surface area (Å²) >= 11 is 0. The van der Waals surface area contributed by atoms with Crippen LogP contribution in [0.15, 0.2) is 0 Å². The standard InChI is InChI=1S/C5H11.3CH4.Y/c1-3-5-4-2;;;;/h5H,3-4H2,1-2H3;3*1H4;/q-1;;;;. The van der Waals surface area contributed by atoms with Crippen LogP contribution in [-0.2, 0) is 32.7 Å². The molecule has 0 aliphatic heterocycles. The molecule has 0 nitrogen and oxygen atoms in total. The fourth-order valence-corrected chi connectivity index (χ4v) is 0.289. The van der Waals surface area contributed by atoms with Crippen LogP contribution in [0.2, 0.25) is 0 Å². The topological polar surface area (TPSA) is 0 Å². The Morgan fingerprint density at radius 3 is 1.11 bits per heavy atom. The maximum atomic E-state index is 2.25. The molecule has 0 aliphatic carbocycles. The van der Waals surface area contributed by atoms with Crippen molar-refractivity contribution in [3.63, 3.8) is 0 Å². The second-order valence-electron chi connectivity index (χ2n) is 1.11. The Morgan fingerprint density at radius 1 is 0.889 bits per heavy atom. The molecule has 0 aromatic heterocycles. The molecule has 59 valence electrons. The van der Waals surface area contributed by atoms with Crippen molar-refractivity contribution >= 4 is 0 Å². The van der Waals surface area contributed by atoms with Gasteiger partial charge in [0.2, 0.25) is 0 Å². The molecule has 0 spiro atoms. The van der Waals surface area contributed by atoms with E-state index in [1.165, 1.54) is 12.8 Å². The SMILES string of the molecule is C.C.C.CC[CH-]CC.[Y]. The van der Waals surface area contributed by atoms with Gasteiger partial charge in [0, 0.05) is 32.7 Å². The van der Waals surface area contributed by atoms with E-state index in [0.29, 0.717) is 0 Å². The molecule has 0 fully saturated rings. The van der Waals surface area contributed by atoms with E-state index in [0.717, 1.165) is 0 Å². The van der Waals surface area contributed by atoms with Gasteiger partial charge in [-0.1, -0.05) is 36.1 Å². The third-order valence-corrected chi connectivity index (χ3v) is 0.577. The summed E-state index contributed by atoms with van der Waals surface area (Å²) in [6.45, 7) is 4.31. The van der Waals surface area contributed by atoms with Gasteiger partial charge >= 0.3 is 0 Å². The smallest absolute Gasteiger partial charge is 0 e. The van der Waals surface area contributed by atoms with Crippen LogP contribution >= 0.6 is 0 Å². The zero-order valence-corrected chi connectivity index (χ0v) is 7.41. The van der Waals surface area contributed by atoms with Crippen molar-refractivity contribution < 1.29 is 32.7 Å². The van der Waals surface area contributed by atoms with E-state index in [-0.39, 0.29) is 55.0 Å². The Bertz CT molecular complexity index is 12.0. The molecule has 0 aromatic carbocycles. The number of rotatable bonds is 2. The quantitative estimate of drug-likeness (QED) is 0.603. The fraction of sp³-hybridized carbons (Fsp3) is 0.875. The van der Waals surface area contributed by atoms with Gasteiger partial charge in [0.15, 0.2) is 0 Å². The molecule has 0 saturated heterocycles. The van der Waals surface area contributed by atoms with Gasteiger partial charge in [-0.2, -0.15) is 12.8 Å². The summed E-state index contributed by atoms with van der Waals surface area (Å²) in [5.41, 5.74) is 0. The molecule has 0 rings (SSSR count). The summed E-state index contributed by atoms with van der Waals surface area (Å²) in [7, 11) is 0. The number of unbranched alkanes of at least 4 members (excludes halogenated alkanes) is 2. The third-order valence-electron chi connectivity index (χ3n) is 0.577. The summed E-state index contributed by atoms with van der Waals surface area (Å²) in [5.74, 6) is 0. The van der Waals surface area contributed by atoms with Crippen molar-refractivity contribution in [2.45, 2.75) is 49.0 Å². The Balaban J connectivity index is -0.0000000133. The van der Waals surface area contributed by atoms with Crippen LogP contribution in [0.3, 0.4) is 0 Å². The summed E-state index contributed by atoms with van der Waals surface area (Å²) in [4.78, 5) is 0. The van der Waals surface area contributed by atoms with Gasteiger partial charge in [-0.15, -0.1) is 0 Å². The summed E-state index contributed by atoms with van der Waals surface area (Å²) in [6, 6.07) is 0. The van der Waals surface area contributed by atoms with Crippen LogP contribution in [0.1, 0.15) is 49.0 Å². The molecular weight excluding hydrogens is 185 g/mol. The molecule has 0 saturated carbocycles. The summed E-state index contributed by atoms with van der Waals surface area (Å²) in [5, 5.41) is 0. The maximum Gasteiger partial charge on any atom is 0 e. The average molecular weight is 208 g/mol. The van der Waals surface area contributed by atoms with Gasteiger partial charge in [0.1, 0.15) is 0 Å². The molecule has 9 heavy (non-hydrogen) atoms. The zero-order valence-electron chi connectivity index (χ0n) is 4.57. The van der Waals surface area contributed by atoms with E-state index < -0.39 is 0 Å². The second kappa shape index (κ2) is 35.5. The van der Waals surface area contributed by atoms with E-state index in [2.05, 4.69) is 20.3 Å². The normalized spacial score (nSPS) is 4.67. The number of hydrogen-bond acceptors (Lipinski definition) is 0. The Labute approximate surface area is 87.7 Å². The first-order valence-corrected chi connectivity index (χ1v) is 2.23. The van der Waals surface area contributed by atoms with Gasteiger partial charge < -0.3 is 6.42 Å². The van der Waals surface area contributed by atoms with Crippen LogP contribution in [0.4, 0.5) is 0 Å². The molecule has 0 unspecified atom stereocenters. The van der Waals surface area contributed by atoms with Crippen molar-refractivity contribution in [3.05, 3.63) is 6.42 Å². The van der Waals surface area contributed by atoms with Gasteiger partial charge in [0.05, 0.1) is 0 Å². The van der Waals surface area contributed by atoms with Crippen LogP contribution in [0, 0.1) is 6.42 Å². The summed E-state index contributed by atoms with van der Waals surface area (Å²) < 4.78 is 0. The van der Waals surface area contributed by atoms with E-state index in [1.54, 1.807) is 0 Å². The molecule has 1 heteroatoms. The van der Waals surface area contributed by atoms with Crippen LogP contribution in [0.5, 0.6) is 0 Å². The summed E-state index contributed by atoms with van der Waals surface area (Å²) in [6.07, 6.45) is 4.69. The van der Waals surface area contributed by atoms with E-state index in [4.69, 9.17) is 0 Å². The van der Waals surface area contributed by atoms with Crippen molar-refractivity contribution in [3.8, 4) is 0 Å². The minimum absolute atomic E-state index is 0. The molecule has 0 atom stereocenters. The Morgan fingerprint density at radius 2 is 1.11 bits per heavy atom. The largest absolute Gasteiger partial charge is 0.329 e. The molecule has 0 aromatic rings. The Hall–Kier alpha value is 1.10. The van der Waals surface area contributed by atoms with Gasteiger partial charge in [-0.05, 0) is 0 Å². The van der Waals surface area contributed by atoms with Gasteiger partial charge in [0.25, 0.3) is 0 Å². The second-order valence-corrected chi connectivity index (χ2v) is 1.11.